The summed E-state index contributed by atoms with van der Waals surface area (Å²) in [5, 5.41) is 19.7. The molecular weight excluding hydrogens is 783 g/mol. The Balaban J connectivity index is 0.000000221. The molecule has 0 saturated carbocycles. The van der Waals surface area contributed by atoms with Gasteiger partial charge in [0.1, 0.15) is 47.9 Å². The number of fused-ring (bicyclic) bond motifs is 2. The second-order valence-electron chi connectivity index (χ2n) is 14.1. The second kappa shape index (κ2) is 18.0. The Morgan fingerprint density at radius 2 is 1.02 bits per heavy atom. The summed E-state index contributed by atoms with van der Waals surface area (Å²) >= 11 is 0. The molecule has 2 heterocycles. The van der Waals surface area contributed by atoms with E-state index in [9.17, 15) is 17.2 Å². The van der Waals surface area contributed by atoms with Gasteiger partial charge in [-0.1, -0.05) is 12.1 Å². The molecule has 6 rings (SSSR count). The zero-order valence-corrected chi connectivity index (χ0v) is 34.9. The lowest BCUT2D eigenvalue weighted by molar-refractivity contribution is 0.272. The third kappa shape index (κ3) is 11.5. The van der Waals surface area contributed by atoms with Crippen LogP contribution in [-0.4, -0.2) is 65.6 Å². The molecule has 300 valence electrons. The van der Waals surface area contributed by atoms with Crippen LogP contribution < -0.4 is 9.47 Å². The van der Waals surface area contributed by atoms with Crippen LogP contribution >= 0.6 is 0 Å². The number of nitriles is 2. The van der Waals surface area contributed by atoms with Crippen molar-refractivity contribution < 1.29 is 26.7 Å². The van der Waals surface area contributed by atoms with E-state index < -0.39 is 43.3 Å². The highest BCUT2D eigenvalue weighted by molar-refractivity contribution is 7.92. The van der Waals surface area contributed by atoms with Gasteiger partial charge < -0.3 is 9.47 Å². The van der Waals surface area contributed by atoms with E-state index in [1.165, 1.54) is 36.9 Å². The van der Waals surface area contributed by atoms with Crippen molar-refractivity contribution in [3.63, 3.8) is 0 Å². The van der Waals surface area contributed by atoms with Crippen molar-refractivity contribution in [2.24, 2.45) is 8.73 Å². The first-order valence-corrected chi connectivity index (χ1v) is 22.5. The fourth-order valence-corrected chi connectivity index (χ4v) is 7.38. The van der Waals surface area contributed by atoms with E-state index in [1.54, 1.807) is 63.1 Å². The summed E-state index contributed by atoms with van der Waals surface area (Å²) in [6, 6.07) is 19.7. The number of hydrogen-bond donors (Lipinski definition) is 0. The standard InChI is InChI=1S/2C21H21FN4O2S/c2*1-13-7-17(26-29(3,4)27)10-19-21(13)18(24-12-25-19)8-15-5-6-16(22)9-20(15)28-14(2)11-23/h2*5-7,9-10,12,14H,8H2,1-4H3/t2*14-/m10/s1. The maximum absolute atomic E-state index is 13.7. The molecule has 0 aliphatic rings. The molecule has 2 atom stereocenters. The van der Waals surface area contributed by atoms with E-state index in [4.69, 9.17) is 20.0 Å². The van der Waals surface area contributed by atoms with E-state index in [-0.39, 0.29) is 0 Å². The summed E-state index contributed by atoms with van der Waals surface area (Å²) in [5.74, 6) is -0.253. The molecule has 0 amide bonds. The molecule has 0 radical (unpaired) electrons. The second-order valence-corrected chi connectivity index (χ2v) is 19.2. The largest absolute Gasteiger partial charge is 0.475 e. The first kappa shape index (κ1) is 43.0. The molecule has 0 unspecified atom stereocenters. The molecule has 0 aliphatic heterocycles. The van der Waals surface area contributed by atoms with Crippen LogP contribution in [0.3, 0.4) is 0 Å². The number of aromatic nitrogens is 4. The topological polar surface area (TPSA) is 176 Å². The number of aryl methyl sites for hydroxylation is 2. The van der Waals surface area contributed by atoms with Gasteiger partial charge in [-0.3, -0.25) is 0 Å². The van der Waals surface area contributed by atoms with Crippen molar-refractivity contribution in [1.29, 1.82) is 10.5 Å². The normalized spacial score (nSPS) is 12.4. The predicted molar refractivity (Wildman–Crippen MR) is 223 cm³/mol. The SMILES string of the molecule is Cc1cc(N=S(C)(C)=O)cc2ncnc(Cc3ccc(F)cc3O[C@@H](C)C#N)c12.Cc1cc(N=S(C)(C)=O)cc2ncnc(Cc3ccc(F)cc3O[C@H](C)C#N)c12. The van der Waals surface area contributed by atoms with Gasteiger partial charge in [-0.25, -0.2) is 37.1 Å². The van der Waals surface area contributed by atoms with Crippen LogP contribution in [0.15, 0.2) is 82.0 Å². The summed E-state index contributed by atoms with van der Waals surface area (Å²) in [6.07, 6.45) is 8.57. The van der Waals surface area contributed by atoms with Crippen LogP contribution in [0.1, 0.15) is 47.5 Å². The minimum Gasteiger partial charge on any atom is -0.475 e. The van der Waals surface area contributed by atoms with Crippen LogP contribution in [0.5, 0.6) is 11.5 Å². The molecule has 2 aromatic heterocycles. The van der Waals surface area contributed by atoms with E-state index in [0.29, 0.717) is 57.9 Å². The summed E-state index contributed by atoms with van der Waals surface area (Å²) in [7, 11) is -4.58. The summed E-state index contributed by atoms with van der Waals surface area (Å²) in [6.45, 7) is 7.04. The lowest BCUT2D eigenvalue weighted by Gasteiger charge is -2.14. The number of halogens is 2. The van der Waals surface area contributed by atoms with Gasteiger partial charge in [-0.2, -0.15) is 19.2 Å². The van der Waals surface area contributed by atoms with Crippen LogP contribution in [0.2, 0.25) is 0 Å². The predicted octanol–water partition coefficient (Wildman–Crippen LogP) is 8.64. The Kier molecular flexibility index (Phi) is 13.4. The van der Waals surface area contributed by atoms with Gasteiger partial charge in [0.05, 0.1) is 33.8 Å². The molecule has 0 aliphatic carbocycles. The zero-order valence-electron chi connectivity index (χ0n) is 33.3. The lowest BCUT2D eigenvalue weighted by atomic mass is 10.0. The van der Waals surface area contributed by atoms with E-state index >= 15 is 0 Å². The molecule has 16 heteroatoms. The minimum atomic E-state index is -2.29. The average Bonchev–Trinajstić information content (AvgIpc) is 3.12. The monoisotopic (exact) mass is 824 g/mol. The molecule has 0 N–H and O–H groups in total. The first-order valence-electron chi connectivity index (χ1n) is 17.8. The molecule has 4 aromatic carbocycles. The van der Waals surface area contributed by atoms with Gasteiger partial charge in [-0.05, 0) is 75.2 Å². The zero-order chi connectivity index (χ0) is 42.4. The van der Waals surface area contributed by atoms with Gasteiger partial charge in [0.25, 0.3) is 0 Å². The minimum absolute atomic E-state index is 0.312. The molecule has 0 fully saturated rings. The lowest BCUT2D eigenvalue weighted by Crippen LogP contribution is -2.10. The molecule has 6 aromatic rings. The van der Waals surface area contributed by atoms with Gasteiger partial charge in [0.15, 0.2) is 12.2 Å². The highest BCUT2D eigenvalue weighted by Crippen LogP contribution is 2.32. The van der Waals surface area contributed by atoms with Crippen LogP contribution in [0, 0.1) is 48.1 Å². The number of ether oxygens (including phenoxy) is 2. The molecular formula is C42H42F2N8O4S2. The number of nitrogens with zero attached hydrogens (tertiary/aromatic N) is 8. The number of rotatable bonds is 10. The van der Waals surface area contributed by atoms with Gasteiger partial charge in [-0.15, -0.1) is 0 Å². The van der Waals surface area contributed by atoms with Crippen LogP contribution in [0.4, 0.5) is 20.2 Å². The maximum Gasteiger partial charge on any atom is 0.181 e. The van der Waals surface area contributed by atoms with Gasteiger partial charge in [0, 0.05) is 91.4 Å². The Morgan fingerprint density at radius 1 is 0.638 bits per heavy atom. The van der Waals surface area contributed by atoms with E-state index in [0.717, 1.165) is 33.3 Å². The Hall–Kier alpha value is -6.10. The van der Waals surface area contributed by atoms with Crippen LogP contribution in [-0.2, 0) is 32.3 Å². The van der Waals surface area contributed by atoms with Crippen molar-refractivity contribution in [1.82, 2.24) is 19.9 Å². The third-order valence-corrected chi connectivity index (χ3v) is 9.69. The maximum atomic E-state index is 13.7. The van der Waals surface area contributed by atoms with Crippen molar-refractivity contribution in [2.75, 3.05) is 25.0 Å². The first-order chi connectivity index (χ1) is 27.3. The number of benzene rings is 4. The van der Waals surface area contributed by atoms with Crippen molar-refractivity contribution in [3.8, 4) is 23.6 Å². The third-order valence-electron chi connectivity index (χ3n) is 8.39. The van der Waals surface area contributed by atoms with Crippen molar-refractivity contribution in [3.05, 3.63) is 119 Å². The average molecular weight is 825 g/mol. The molecule has 12 nitrogen and oxygen atoms in total. The molecule has 0 spiro atoms. The van der Waals surface area contributed by atoms with E-state index in [2.05, 4.69) is 28.7 Å². The fraction of sp³-hybridized carbons (Fsp3) is 0.286. The van der Waals surface area contributed by atoms with Crippen LogP contribution in [0.25, 0.3) is 21.8 Å². The smallest absolute Gasteiger partial charge is 0.181 e. The quantitative estimate of drug-likeness (QED) is 0.130. The summed E-state index contributed by atoms with van der Waals surface area (Å²) < 4.78 is 71.1. The van der Waals surface area contributed by atoms with Gasteiger partial charge >= 0.3 is 0 Å². The summed E-state index contributed by atoms with van der Waals surface area (Å²) in [5.41, 5.74) is 7.29. The summed E-state index contributed by atoms with van der Waals surface area (Å²) in [4.78, 5) is 17.5. The Labute approximate surface area is 337 Å². The highest BCUT2D eigenvalue weighted by atomic mass is 32.2. The molecule has 0 saturated heterocycles. The fourth-order valence-electron chi connectivity index (χ4n) is 6.15. The highest BCUT2D eigenvalue weighted by Gasteiger charge is 2.17. The molecule has 0 bridgehead atoms. The number of hydrogen-bond acceptors (Lipinski definition) is 12. The van der Waals surface area contributed by atoms with Crippen molar-refractivity contribution >= 4 is 52.6 Å². The van der Waals surface area contributed by atoms with E-state index in [1.807, 2.05) is 38.1 Å². The van der Waals surface area contributed by atoms with Crippen molar-refractivity contribution in [2.45, 2.75) is 52.7 Å². The Morgan fingerprint density at radius 3 is 1.36 bits per heavy atom. The molecule has 58 heavy (non-hydrogen) atoms. The van der Waals surface area contributed by atoms with Gasteiger partial charge in [0.2, 0.25) is 0 Å². The Bertz CT molecular complexity index is 2670.